The minimum absolute atomic E-state index is 0.0592. The maximum absolute atomic E-state index is 11.9. The van der Waals surface area contributed by atoms with Gasteiger partial charge in [0, 0.05) is 16.6 Å². The van der Waals surface area contributed by atoms with Crippen molar-refractivity contribution >= 4 is 29.2 Å². The highest BCUT2D eigenvalue weighted by molar-refractivity contribution is 6.34. The average molecular weight is 346 g/mol. The molecule has 0 N–H and O–H groups in total. The molecule has 0 bridgehead atoms. The second-order valence-corrected chi connectivity index (χ2v) is 7.38. The molecule has 0 amide bonds. The molecule has 2 rings (SSSR count). The van der Waals surface area contributed by atoms with E-state index in [-0.39, 0.29) is 12.1 Å². The first-order valence-electron chi connectivity index (χ1n) is 7.34. The summed E-state index contributed by atoms with van der Waals surface area (Å²) in [7, 11) is 0. The Labute approximate surface area is 141 Å². The van der Waals surface area contributed by atoms with Crippen LogP contribution >= 0.6 is 23.2 Å². The molecule has 1 aromatic carbocycles. The first-order chi connectivity index (χ1) is 10.2. The van der Waals surface area contributed by atoms with Gasteiger partial charge in [-0.3, -0.25) is 0 Å². The van der Waals surface area contributed by atoms with Gasteiger partial charge in [-0.1, -0.05) is 23.2 Å². The van der Waals surface area contributed by atoms with E-state index >= 15 is 0 Å². The van der Waals surface area contributed by atoms with Crippen LogP contribution in [0.1, 0.15) is 33.6 Å². The van der Waals surface area contributed by atoms with Gasteiger partial charge >= 0.3 is 5.97 Å². The lowest BCUT2D eigenvalue weighted by Gasteiger charge is -2.32. The number of carbonyl (C=O) groups is 1. The number of hydroxylamine groups is 2. The summed E-state index contributed by atoms with van der Waals surface area (Å²) in [6.07, 6.45) is 1.74. The molecule has 1 atom stereocenters. The third-order valence-corrected chi connectivity index (χ3v) is 3.74. The Morgan fingerprint density at radius 3 is 2.45 bits per heavy atom. The average Bonchev–Trinajstić information content (AvgIpc) is 2.36. The molecule has 0 unspecified atom stereocenters. The molecule has 1 heterocycles. The molecule has 1 fully saturated rings. The SMILES string of the molecule is CC(C)(C)C(=O)ON1CCC[C@H](Oc2cc(Cl)cc(Cl)c2)C1. The van der Waals surface area contributed by atoms with Crippen LogP contribution in [-0.2, 0) is 9.63 Å². The molecular formula is C16H21Cl2NO3. The summed E-state index contributed by atoms with van der Waals surface area (Å²) in [4.78, 5) is 17.4. The summed E-state index contributed by atoms with van der Waals surface area (Å²) in [5.41, 5.74) is -0.520. The van der Waals surface area contributed by atoms with Gasteiger partial charge in [0.05, 0.1) is 12.0 Å². The molecule has 0 aromatic heterocycles. The Morgan fingerprint density at radius 1 is 1.23 bits per heavy atom. The third kappa shape index (κ3) is 5.04. The second-order valence-electron chi connectivity index (χ2n) is 6.50. The molecule has 22 heavy (non-hydrogen) atoms. The summed E-state index contributed by atoms with van der Waals surface area (Å²) in [6.45, 7) is 6.76. The largest absolute Gasteiger partial charge is 0.489 e. The molecule has 0 saturated carbocycles. The van der Waals surface area contributed by atoms with Crippen LogP contribution in [0, 0.1) is 5.41 Å². The van der Waals surface area contributed by atoms with E-state index in [4.69, 9.17) is 32.8 Å². The Bertz CT molecular complexity index is 522. The van der Waals surface area contributed by atoms with Crippen molar-refractivity contribution in [2.24, 2.45) is 5.41 Å². The number of carbonyl (C=O) groups excluding carboxylic acids is 1. The molecule has 122 valence electrons. The number of nitrogens with zero attached hydrogens (tertiary/aromatic N) is 1. The summed E-state index contributed by atoms with van der Waals surface area (Å²) in [6, 6.07) is 5.12. The van der Waals surface area contributed by atoms with Gasteiger partial charge in [0.2, 0.25) is 0 Å². The van der Waals surface area contributed by atoms with E-state index in [9.17, 15) is 4.79 Å². The summed E-state index contributed by atoms with van der Waals surface area (Å²) in [5.74, 6) is 0.394. The molecule has 4 nitrogen and oxygen atoms in total. The maximum atomic E-state index is 11.9. The van der Waals surface area contributed by atoms with Gasteiger partial charge in [-0.15, -0.1) is 5.06 Å². The summed E-state index contributed by atoms with van der Waals surface area (Å²) in [5, 5.41) is 2.75. The molecule has 1 saturated heterocycles. The lowest BCUT2D eigenvalue weighted by molar-refractivity contribution is -0.209. The van der Waals surface area contributed by atoms with E-state index in [0.29, 0.717) is 22.3 Å². The molecule has 1 aromatic rings. The van der Waals surface area contributed by atoms with Crippen LogP contribution < -0.4 is 4.74 Å². The fourth-order valence-electron chi connectivity index (χ4n) is 2.13. The van der Waals surface area contributed by atoms with E-state index in [2.05, 4.69) is 0 Å². The van der Waals surface area contributed by atoms with E-state index in [1.54, 1.807) is 23.3 Å². The normalized spacial score (nSPS) is 19.8. The zero-order chi connectivity index (χ0) is 16.3. The molecule has 1 aliphatic heterocycles. The van der Waals surface area contributed by atoms with Crippen molar-refractivity contribution in [3.05, 3.63) is 28.2 Å². The molecule has 0 radical (unpaired) electrons. The van der Waals surface area contributed by atoms with Gasteiger partial charge in [-0.25, -0.2) is 4.79 Å². The van der Waals surface area contributed by atoms with E-state index in [1.807, 2.05) is 20.8 Å². The second kappa shape index (κ2) is 7.07. The van der Waals surface area contributed by atoms with Crippen molar-refractivity contribution in [2.45, 2.75) is 39.7 Å². The minimum atomic E-state index is -0.520. The van der Waals surface area contributed by atoms with Crippen LogP contribution in [0.4, 0.5) is 0 Å². The van der Waals surface area contributed by atoms with E-state index < -0.39 is 5.41 Å². The highest BCUT2D eigenvalue weighted by Gasteiger charge is 2.29. The smallest absolute Gasteiger partial charge is 0.330 e. The lowest BCUT2D eigenvalue weighted by Crippen LogP contribution is -2.43. The van der Waals surface area contributed by atoms with Gasteiger partial charge in [-0.05, 0) is 51.8 Å². The number of rotatable bonds is 3. The van der Waals surface area contributed by atoms with Crippen molar-refractivity contribution in [3.63, 3.8) is 0 Å². The Morgan fingerprint density at radius 2 is 1.86 bits per heavy atom. The van der Waals surface area contributed by atoms with E-state index in [1.165, 1.54) is 0 Å². The highest BCUT2D eigenvalue weighted by Crippen LogP contribution is 2.27. The van der Waals surface area contributed by atoms with Crippen LogP contribution in [0.5, 0.6) is 5.75 Å². The molecule has 6 heteroatoms. The number of halogens is 2. The number of ether oxygens (including phenoxy) is 1. The van der Waals surface area contributed by atoms with Gasteiger partial charge in [-0.2, -0.15) is 0 Å². The molecular weight excluding hydrogens is 325 g/mol. The Kier molecular flexibility index (Phi) is 5.59. The number of hydrogen-bond acceptors (Lipinski definition) is 4. The predicted molar refractivity (Wildman–Crippen MR) is 87.2 cm³/mol. The monoisotopic (exact) mass is 345 g/mol. The lowest BCUT2D eigenvalue weighted by atomic mass is 9.98. The van der Waals surface area contributed by atoms with Crippen LogP contribution in [-0.4, -0.2) is 30.2 Å². The quantitative estimate of drug-likeness (QED) is 0.816. The fourth-order valence-corrected chi connectivity index (χ4v) is 2.63. The van der Waals surface area contributed by atoms with Gasteiger partial charge in [0.1, 0.15) is 11.9 Å². The molecule has 0 aliphatic carbocycles. The van der Waals surface area contributed by atoms with E-state index in [0.717, 1.165) is 19.4 Å². The first-order valence-corrected chi connectivity index (χ1v) is 8.10. The zero-order valence-corrected chi connectivity index (χ0v) is 14.6. The van der Waals surface area contributed by atoms with Crippen LogP contribution in [0.15, 0.2) is 18.2 Å². The van der Waals surface area contributed by atoms with Crippen molar-refractivity contribution in [1.82, 2.24) is 5.06 Å². The topological polar surface area (TPSA) is 38.8 Å². The fraction of sp³-hybridized carbons (Fsp3) is 0.562. The van der Waals surface area contributed by atoms with Gasteiger partial charge in [0.15, 0.2) is 0 Å². The van der Waals surface area contributed by atoms with Crippen molar-refractivity contribution in [1.29, 1.82) is 0 Å². The van der Waals surface area contributed by atoms with Crippen LogP contribution in [0.2, 0.25) is 10.0 Å². The van der Waals surface area contributed by atoms with Crippen molar-refractivity contribution in [2.75, 3.05) is 13.1 Å². The number of benzene rings is 1. The molecule has 1 aliphatic rings. The Balaban J connectivity index is 1.94. The predicted octanol–water partition coefficient (Wildman–Crippen LogP) is 4.34. The third-order valence-electron chi connectivity index (χ3n) is 3.30. The molecule has 0 spiro atoms. The number of hydrogen-bond donors (Lipinski definition) is 0. The van der Waals surface area contributed by atoms with Gasteiger partial charge < -0.3 is 9.57 Å². The zero-order valence-electron chi connectivity index (χ0n) is 13.1. The minimum Gasteiger partial charge on any atom is -0.489 e. The van der Waals surface area contributed by atoms with Gasteiger partial charge in [0.25, 0.3) is 0 Å². The maximum Gasteiger partial charge on any atom is 0.330 e. The van der Waals surface area contributed by atoms with Crippen LogP contribution in [0.25, 0.3) is 0 Å². The summed E-state index contributed by atoms with van der Waals surface area (Å²) >= 11 is 11.9. The number of piperidine rings is 1. The Hall–Kier alpha value is -0.970. The van der Waals surface area contributed by atoms with Crippen molar-refractivity contribution < 1.29 is 14.4 Å². The van der Waals surface area contributed by atoms with Crippen LogP contribution in [0.3, 0.4) is 0 Å². The first kappa shape index (κ1) is 17.4. The van der Waals surface area contributed by atoms with Crippen molar-refractivity contribution in [3.8, 4) is 5.75 Å². The summed E-state index contributed by atoms with van der Waals surface area (Å²) < 4.78 is 5.91. The highest BCUT2D eigenvalue weighted by atomic mass is 35.5. The standard InChI is InChI=1S/C16H21Cl2NO3/c1-16(2,3)15(20)22-19-6-4-5-13(10-19)21-14-8-11(17)7-12(18)9-14/h7-9,13H,4-6,10H2,1-3H3/t13-/m0/s1.